The van der Waals surface area contributed by atoms with Crippen LogP contribution >= 0.6 is 24.4 Å². The van der Waals surface area contributed by atoms with E-state index < -0.39 is 17.8 Å². The molecule has 61 heavy (non-hydrogen) atoms. The van der Waals surface area contributed by atoms with Crippen molar-refractivity contribution in [3.8, 4) is 0 Å². The molecule has 0 amide bonds. The van der Waals surface area contributed by atoms with Gasteiger partial charge in [-0.05, 0) is 177 Å². The lowest BCUT2D eigenvalue weighted by atomic mass is 9.67. The maximum absolute atomic E-state index is 7.91. The van der Waals surface area contributed by atoms with Crippen molar-refractivity contribution in [2.24, 2.45) is 87.8 Å². The minimum absolute atomic E-state index is 0.0179. The van der Waals surface area contributed by atoms with Gasteiger partial charge in [-0.15, -0.1) is 0 Å². The van der Waals surface area contributed by atoms with Gasteiger partial charge in [0, 0.05) is 30.5 Å². The molecule has 0 aliphatic heterocycles. The Morgan fingerprint density at radius 2 is 0.934 bits per heavy atom. The standard InChI is InChI=1S/C51H97N3O3S2Si2/c1-31(2)35(9)37(11)39(13)41(15)42(16)44(18)46(20)48(22)60(47(21)45(19)43(17)40(14)38(12)36(10)32(3)4)57-61(55-33(5)6,56-34(7)8)29-23-28-52-51(59)54-50-26-24-49(25-27-50)53-30-58/h24-27,31-48,60H,23,28-29H2,1-22H3,(H2,52,54,59). The van der Waals surface area contributed by atoms with Crippen LogP contribution in [0.15, 0.2) is 29.3 Å². The fourth-order valence-corrected chi connectivity index (χ4v) is 19.6. The van der Waals surface area contributed by atoms with Crippen molar-refractivity contribution in [2.75, 3.05) is 11.9 Å². The quantitative estimate of drug-likeness (QED) is 0.0376. The summed E-state index contributed by atoms with van der Waals surface area (Å²) >= 11 is 10.5. The monoisotopic (exact) mass is 920 g/mol. The van der Waals surface area contributed by atoms with Crippen molar-refractivity contribution in [3.05, 3.63) is 24.3 Å². The summed E-state index contributed by atoms with van der Waals surface area (Å²) in [5.74, 6) is 8.66. The van der Waals surface area contributed by atoms with Gasteiger partial charge in [0.2, 0.25) is 0 Å². The number of hydrogen-bond acceptors (Lipinski definition) is 6. The molecular formula is C51H97N3O3S2Si2. The van der Waals surface area contributed by atoms with Gasteiger partial charge in [0.25, 0.3) is 0 Å². The Hall–Kier alpha value is -0.976. The molecule has 0 radical (unpaired) electrons. The average molecular weight is 921 g/mol. The van der Waals surface area contributed by atoms with Crippen molar-refractivity contribution >= 4 is 63.9 Å². The third kappa shape index (κ3) is 18.1. The molecule has 0 bridgehead atoms. The molecule has 1 aromatic rings. The molecule has 15 unspecified atom stereocenters. The van der Waals surface area contributed by atoms with E-state index >= 15 is 0 Å². The molecule has 1 aromatic carbocycles. The molecule has 0 aliphatic carbocycles. The highest BCUT2D eigenvalue weighted by atomic mass is 32.1. The molecule has 0 heterocycles. The zero-order chi connectivity index (χ0) is 47.1. The van der Waals surface area contributed by atoms with Crippen LogP contribution in [0.3, 0.4) is 0 Å². The lowest BCUT2D eigenvalue weighted by molar-refractivity contribution is 0.0497. The molecule has 0 saturated carbocycles. The fourth-order valence-electron chi connectivity index (χ4n) is 9.83. The van der Waals surface area contributed by atoms with Gasteiger partial charge in [-0.2, -0.15) is 4.99 Å². The van der Waals surface area contributed by atoms with Crippen LogP contribution < -0.4 is 10.6 Å². The highest BCUT2D eigenvalue weighted by molar-refractivity contribution is 7.80. The lowest BCUT2D eigenvalue weighted by Gasteiger charge is -2.46. The molecule has 354 valence electrons. The zero-order valence-electron chi connectivity index (χ0n) is 43.4. The number of benzene rings is 1. The first-order valence-corrected chi connectivity index (χ1v) is 29.0. The number of rotatable bonds is 28. The van der Waals surface area contributed by atoms with Crippen molar-refractivity contribution in [3.63, 3.8) is 0 Å². The van der Waals surface area contributed by atoms with E-state index in [0.29, 0.717) is 106 Å². The number of aliphatic imine (C=N–C) groups is 1. The topological polar surface area (TPSA) is 64.1 Å². The number of isothiocyanates is 1. The fraction of sp³-hybridized carbons (Fsp3) is 0.843. The summed E-state index contributed by atoms with van der Waals surface area (Å²) in [7, 11) is -5.24. The highest BCUT2D eigenvalue weighted by Crippen LogP contribution is 2.47. The van der Waals surface area contributed by atoms with Crippen LogP contribution in [0.25, 0.3) is 0 Å². The van der Waals surface area contributed by atoms with Crippen LogP contribution in [0.2, 0.25) is 17.1 Å². The predicted molar refractivity (Wildman–Crippen MR) is 280 cm³/mol. The first-order valence-electron chi connectivity index (χ1n) is 24.5. The Balaban J connectivity index is 3.61. The van der Waals surface area contributed by atoms with Gasteiger partial charge in [-0.3, -0.25) is 0 Å². The van der Waals surface area contributed by atoms with Gasteiger partial charge in [-0.25, -0.2) is 0 Å². The van der Waals surface area contributed by atoms with E-state index in [9.17, 15) is 0 Å². The normalized spacial score (nSPS) is 20.0. The van der Waals surface area contributed by atoms with Crippen LogP contribution in [0.1, 0.15) is 159 Å². The second-order valence-corrected chi connectivity index (χ2v) is 28.3. The predicted octanol–water partition coefficient (Wildman–Crippen LogP) is 15.4. The van der Waals surface area contributed by atoms with E-state index in [-0.39, 0.29) is 12.2 Å². The smallest absolute Gasteiger partial charge is 0.418 e. The molecule has 0 spiro atoms. The molecular weight excluding hydrogens is 823 g/mol. The maximum Gasteiger partial charge on any atom is 0.490 e. The van der Waals surface area contributed by atoms with Gasteiger partial charge >= 0.3 is 8.80 Å². The molecule has 10 heteroatoms. The average Bonchev–Trinajstić information content (AvgIpc) is 3.20. The van der Waals surface area contributed by atoms with Crippen LogP contribution in [0.4, 0.5) is 11.4 Å². The highest BCUT2D eigenvalue weighted by Gasteiger charge is 2.50. The van der Waals surface area contributed by atoms with E-state index in [2.05, 4.69) is 173 Å². The Labute approximate surface area is 392 Å². The molecule has 0 saturated heterocycles. The second-order valence-electron chi connectivity index (χ2n) is 21.3. The summed E-state index contributed by atoms with van der Waals surface area (Å²) in [5, 5.41) is 9.75. The van der Waals surface area contributed by atoms with Gasteiger partial charge in [0.05, 0.1) is 10.8 Å². The maximum atomic E-state index is 7.91. The van der Waals surface area contributed by atoms with Crippen molar-refractivity contribution in [1.82, 2.24) is 5.32 Å². The lowest BCUT2D eigenvalue weighted by Crippen LogP contribution is -2.55. The van der Waals surface area contributed by atoms with E-state index in [1.54, 1.807) is 0 Å². The van der Waals surface area contributed by atoms with Gasteiger partial charge < -0.3 is 23.6 Å². The van der Waals surface area contributed by atoms with E-state index in [0.717, 1.165) is 23.8 Å². The summed E-state index contributed by atoms with van der Waals surface area (Å²) in [6, 6.07) is 8.40. The van der Waals surface area contributed by atoms with Crippen molar-refractivity contribution in [1.29, 1.82) is 0 Å². The second kappa shape index (κ2) is 27.5. The third-order valence-corrected chi connectivity index (χ3v) is 25.3. The van der Waals surface area contributed by atoms with E-state index in [1.165, 1.54) is 0 Å². The summed E-state index contributed by atoms with van der Waals surface area (Å²) in [6.07, 6.45) is 0.782. The van der Waals surface area contributed by atoms with Crippen molar-refractivity contribution < 1.29 is 13.0 Å². The minimum atomic E-state index is -3.19. The number of hydrogen-bond donors (Lipinski definition) is 2. The molecule has 0 aromatic heterocycles. The Morgan fingerprint density at radius 3 is 1.28 bits per heavy atom. The molecule has 1 rings (SSSR count). The Morgan fingerprint density at radius 1 is 0.574 bits per heavy atom. The summed E-state index contributed by atoms with van der Waals surface area (Å²) < 4.78 is 22.0. The van der Waals surface area contributed by atoms with Crippen molar-refractivity contribution in [2.45, 2.75) is 188 Å². The molecule has 2 N–H and O–H groups in total. The van der Waals surface area contributed by atoms with Gasteiger partial charge in [-0.1, -0.05) is 125 Å². The number of thiocarbonyl (C=S) groups is 2. The van der Waals surface area contributed by atoms with E-state index in [4.69, 9.17) is 37.4 Å². The van der Waals surface area contributed by atoms with Crippen LogP contribution in [0, 0.1) is 82.9 Å². The zero-order valence-corrected chi connectivity index (χ0v) is 47.2. The summed E-state index contributed by atoms with van der Waals surface area (Å²) in [4.78, 5) is 4.05. The van der Waals surface area contributed by atoms with Gasteiger partial charge in [0.1, 0.15) is 0 Å². The Kier molecular flexibility index (Phi) is 26.2. The minimum Gasteiger partial charge on any atom is -0.418 e. The van der Waals surface area contributed by atoms with Gasteiger partial charge in [0.15, 0.2) is 14.2 Å². The van der Waals surface area contributed by atoms with E-state index in [1.807, 2.05) is 24.3 Å². The molecule has 15 atom stereocenters. The van der Waals surface area contributed by atoms with Crippen LogP contribution in [-0.2, 0) is 13.0 Å². The number of nitrogens with zero attached hydrogens (tertiary/aromatic N) is 1. The largest absolute Gasteiger partial charge is 0.490 e. The summed E-state index contributed by atoms with van der Waals surface area (Å²) in [5.41, 5.74) is 2.51. The molecule has 0 fully saturated rings. The molecule has 0 aliphatic rings. The number of nitrogens with one attached hydrogen (secondary N) is 2. The first kappa shape index (κ1) is 58.0. The van der Waals surface area contributed by atoms with Crippen LogP contribution in [0.5, 0.6) is 0 Å². The SMILES string of the molecule is CC(C)O[Si](CCCNC(=S)Nc1ccc(N=C=S)cc1)(OC(C)C)O[SiH](C(C)C(C)C(C)C(C)C(C)C(C)C(C)C)C(C)C(C)C(C)C(C)C(C)C(C)C(C)C(C)C(C)C. The van der Waals surface area contributed by atoms with Crippen LogP contribution in [-0.4, -0.2) is 46.9 Å². The third-order valence-electron chi connectivity index (χ3n) is 16.5. The Bertz CT molecular complexity index is 1430. The molecule has 6 nitrogen and oxygen atoms in total. The summed E-state index contributed by atoms with van der Waals surface area (Å²) in [6.45, 7) is 53.9. The number of anilines is 1. The first-order chi connectivity index (χ1) is 28.2.